The summed E-state index contributed by atoms with van der Waals surface area (Å²) < 4.78 is 44.3. The van der Waals surface area contributed by atoms with Crippen molar-refractivity contribution in [3.8, 4) is 5.69 Å². The third-order valence-electron chi connectivity index (χ3n) is 5.80. The van der Waals surface area contributed by atoms with E-state index >= 15 is 0 Å². The van der Waals surface area contributed by atoms with E-state index in [1.807, 2.05) is 0 Å². The van der Waals surface area contributed by atoms with E-state index in [4.69, 9.17) is 5.73 Å². The Bertz CT molecular complexity index is 1330. The number of anilines is 2. The highest BCUT2D eigenvalue weighted by atomic mass is 19.1. The SMILES string of the molecule is Nc1cc(-n2cc(C(=O)O)c(=O)c3cc(F)c(N4C[C@H]5C[C@@H]4CN5)nc32)c(F)cc1F. The Morgan fingerprint density at radius 1 is 1.19 bits per heavy atom. The van der Waals surface area contributed by atoms with E-state index < -0.39 is 34.4 Å². The number of pyridine rings is 2. The van der Waals surface area contributed by atoms with Crippen molar-refractivity contribution in [3.05, 3.63) is 57.6 Å². The van der Waals surface area contributed by atoms with Crippen molar-refractivity contribution in [2.24, 2.45) is 0 Å². The second-order valence-corrected chi connectivity index (χ2v) is 7.68. The molecule has 3 aromatic rings. The Balaban J connectivity index is 1.82. The van der Waals surface area contributed by atoms with E-state index in [0.29, 0.717) is 19.2 Å². The zero-order valence-electron chi connectivity index (χ0n) is 15.9. The highest BCUT2D eigenvalue weighted by molar-refractivity contribution is 5.92. The lowest BCUT2D eigenvalue weighted by Gasteiger charge is -2.29. The van der Waals surface area contributed by atoms with Gasteiger partial charge in [0.1, 0.15) is 17.2 Å². The summed E-state index contributed by atoms with van der Waals surface area (Å²) in [5, 5.41) is 12.4. The summed E-state index contributed by atoms with van der Waals surface area (Å²) in [6, 6.07) is 2.62. The number of nitrogen functional groups attached to an aromatic ring is 1. The van der Waals surface area contributed by atoms with Crippen molar-refractivity contribution in [3.63, 3.8) is 0 Å². The van der Waals surface area contributed by atoms with Crippen LogP contribution in [0, 0.1) is 17.5 Å². The summed E-state index contributed by atoms with van der Waals surface area (Å²) in [4.78, 5) is 30.3. The molecule has 8 nitrogen and oxygen atoms in total. The normalized spacial score (nSPS) is 20.0. The van der Waals surface area contributed by atoms with Crippen LogP contribution in [0.1, 0.15) is 16.8 Å². The fourth-order valence-corrected chi connectivity index (χ4v) is 4.31. The molecule has 31 heavy (non-hydrogen) atoms. The molecule has 160 valence electrons. The minimum Gasteiger partial charge on any atom is -0.477 e. The number of benzene rings is 1. The molecule has 0 aliphatic carbocycles. The van der Waals surface area contributed by atoms with Gasteiger partial charge in [-0.15, -0.1) is 0 Å². The number of nitrogens with one attached hydrogen (secondary N) is 1. The molecule has 4 N–H and O–H groups in total. The summed E-state index contributed by atoms with van der Waals surface area (Å²) in [6.07, 6.45) is 1.70. The number of carboxylic acid groups (broad SMARTS) is 1. The Kier molecular flexibility index (Phi) is 4.19. The number of carbonyl (C=O) groups is 1. The summed E-state index contributed by atoms with van der Waals surface area (Å²) >= 11 is 0. The van der Waals surface area contributed by atoms with Crippen molar-refractivity contribution >= 4 is 28.5 Å². The van der Waals surface area contributed by atoms with Gasteiger partial charge in [0.15, 0.2) is 17.3 Å². The molecule has 0 saturated carbocycles. The predicted octanol–water partition coefficient (Wildman–Crippen LogP) is 1.63. The van der Waals surface area contributed by atoms with Gasteiger partial charge in [-0.05, 0) is 18.6 Å². The zero-order valence-corrected chi connectivity index (χ0v) is 15.9. The molecule has 11 heteroatoms. The van der Waals surface area contributed by atoms with E-state index in [1.54, 1.807) is 4.90 Å². The van der Waals surface area contributed by atoms with Crippen LogP contribution in [0.15, 0.2) is 29.2 Å². The van der Waals surface area contributed by atoms with Crippen LogP contribution in [-0.4, -0.2) is 45.8 Å². The monoisotopic (exact) mass is 431 g/mol. The van der Waals surface area contributed by atoms with E-state index in [-0.39, 0.29) is 40.3 Å². The molecular weight excluding hydrogens is 415 g/mol. The van der Waals surface area contributed by atoms with Gasteiger partial charge in [-0.1, -0.05) is 0 Å². The fourth-order valence-electron chi connectivity index (χ4n) is 4.31. The second-order valence-electron chi connectivity index (χ2n) is 7.68. The molecule has 0 amide bonds. The molecule has 0 spiro atoms. The Morgan fingerprint density at radius 2 is 1.97 bits per heavy atom. The number of aromatic carboxylic acids is 1. The van der Waals surface area contributed by atoms with Crippen molar-refractivity contribution in [2.45, 2.75) is 18.5 Å². The van der Waals surface area contributed by atoms with Gasteiger partial charge in [0, 0.05) is 37.4 Å². The molecule has 2 atom stereocenters. The number of hydrogen-bond donors (Lipinski definition) is 3. The van der Waals surface area contributed by atoms with Crippen molar-refractivity contribution < 1.29 is 23.1 Å². The van der Waals surface area contributed by atoms with Gasteiger partial charge in [-0.3, -0.25) is 9.36 Å². The number of fused-ring (bicyclic) bond motifs is 3. The molecule has 2 fully saturated rings. The topological polar surface area (TPSA) is 113 Å². The molecular formula is C20H16F3N5O3. The first kappa shape index (κ1) is 19.4. The largest absolute Gasteiger partial charge is 0.477 e. The van der Waals surface area contributed by atoms with E-state index in [0.717, 1.165) is 29.3 Å². The molecule has 2 aliphatic heterocycles. The smallest absolute Gasteiger partial charge is 0.341 e. The maximum absolute atomic E-state index is 15.0. The number of rotatable bonds is 3. The molecule has 2 aromatic heterocycles. The summed E-state index contributed by atoms with van der Waals surface area (Å²) in [6.45, 7) is 1.16. The average Bonchev–Trinajstić information content (AvgIpc) is 3.34. The third kappa shape index (κ3) is 2.92. The quantitative estimate of drug-likeness (QED) is 0.540. The first-order valence-electron chi connectivity index (χ1n) is 9.48. The number of halogens is 3. The summed E-state index contributed by atoms with van der Waals surface area (Å²) in [7, 11) is 0. The van der Waals surface area contributed by atoms with Crippen LogP contribution in [0.4, 0.5) is 24.7 Å². The van der Waals surface area contributed by atoms with Crippen molar-refractivity contribution in [1.82, 2.24) is 14.9 Å². The minimum absolute atomic E-state index is 0.0149. The Morgan fingerprint density at radius 3 is 2.61 bits per heavy atom. The highest BCUT2D eigenvalue weighted by Crippen LogP contribution is 2.32. The number of aromatic nitrogens is 2. The van der Waals surface area contributed by atoms with Gasteiger partial charge in [0.2, 0.25) is 5.43 Å². The Hall–Kier alpha value is -3.60. The molecule has 4 heterocycles. The van der Waals surface area contributed by atoms with Gasteiger partial charge in [-0.25, -0.2) is 22.9 Å². The number of nitrogens with zero attached hydrogens (tertiary/aromatic N) is 3. The maximum Gasteiger partial charge on any atom is 0.341 e. The van der Waals surface area contributed by atoms with Gasteiger partial charge in [-0.2, -0.15) is 0 Å². The molecule has 1 aromatic carbocycles. The van der Waals surface area contributed by atoms with Crippen LogP contribution >= 0.6 is 0 Å². The molecule has 2 aliphatic rings. The van der Waals surface area contributed by atoms with Gasteiger partial charge >= 0.3 is 5.97 Å². The lowest BCUT2D eigenvalue weighted by Crippen LogP contribution is -2.44. The van der Waals surface area contributed by atoms with E-state index in [1.165, 1.54) is 0 Å². The van der Waals surface area contributed by atoms with Gasteiger partial charge in [0.25, 0.3) is 0 Å². The predicted molar refractivity (Wildman–Crippen MR) is 106 cm³/mol. The summed E-state index contributed by atoms with van der Waals surface area (Å²) in [5.41, 5.74) is 3.03. The minimum atomic E-state index is -1.58. The second kappa shape index (κ2) is 6.71. The lowest BCUT2D eigenvalue weighted by molar-refractivity contribution is 0.0695. The van der Waals surface area contributed by atoms with Gasteiger partial charge in [0.05, 0.1) is 16.8 Å². The highest BCUT2D eigenvalue weighted by Gasteiger charge is 2.39. The van der Waals surface area contributed by atoms with Crippen LogP contribution in [0.2, 0.25) is 0 Å². The third-order valence-corrected chi connectivity index (χ3v) is 5.80. The number of nitrogens with two attached hydrogens (primary N) is 1. The number of carboxylic acids is 1. The van der Waals surface area contributed by atoms with Crippen molar-refractivity contribution in [1.29, 1.82) is 0 Å². The van der Waals surface area contributed by atoms with E-state index in [9.17, 15) is 27.9 Å². The van der Waals surface area contributed by atoms with Crippen LogP contribution in [0.25, 0.3) is 16.7 Å². The first-order chi connectivity index (χ1) is 14.7. The average molecular weight is 431 g/mol. The van der Waals surface area contributed by atoms with Crippen LogP contribution in [0.3, 0.4) is 0 Å². The number of hydrogen-bond acceptors (Lipinski definition) is 6. The molecule has 5 rings (SSSR count). The van der Waals surface area contributed by atoms with Gasteiger partial charge < -0.3 is 21.1 Å². The van der Waals surface area contributed by atoms with Crippen LogP contribution < -0.4 is 21.4 Å². The Labute approximate surface area is 172 Å². The van der Waals surface area contributed by atoms with E-state index in [2.05, 4.69) is 10.3 Å². The zero-order chi connectivity index (χ0) is 22.0. The standard InChI is InChI=1S/C20H16F3N5O3/c21-12-3-13(22)16(4-15(12)24)28-7-11(20(30)31)17(29)10-2-14(23)19(26-18(10)28)27-6-8-1-9(27)5-25-8/h2-4,7-9,25H,1,5-6,24H2,(H,30,31)/t8-,9-/m1/s1. The summed E-state index contributed by atoms with van der Waals surface area (Å²) in [5.74, 6) is -4.43. The molecule has 0 unspecified atom stereocenters. The van der Waals surface area contributed by atoms with Crippen molar-refractivity contribution in [2.75, 3.05) is 23.7 Å². The molecule has 2 saturated heterocycles. The first-order valence-corrected chi connectivity index (χ1v) is 9.48. The molecule has 2 bridgehead atoms. The van der Waals surface area contributed by atoms with Crippen LogP contribution in [-0.2, 0) is 0 Å². The maximum atomic E-state index is 15.0. The number of piperazine rings is 1. The molecule has 0 radical (unpaired) electrons. The fraction of sp³-hybridized carbons (Fsp3) is 0.250. The lowest BCUT2D eigenvalue weighted by atomic mass is 10.1. The van der Waals surface area contributed by atoms with Crippen LogP contribution in [0.5, 0.6) is 0 Å².